The van der Waals surface area contributed by atoms with Gasteiger partial charge in [0, 0.05) is 6.07 Å². The summed E-state index contributed by atoms with van der Waals surface area (Å²) in [4.78, 5) is 33.3. The molecule has 0 bridgehead atoms. The van der Waals surface area contributed by atoms with E-state index < -0.39 is 17.7 Å². The maximum atomic E-state index is 13.6. The Bertz CT molecular complexity index is 1610. The van der Waals surface area contributed by atoms with Gasteiger partial charge < -0.3 is 19.3 Å². The zero-order valence-electron chi connectivity index (χ0n) is 22.1. The minimum absolute atomic E-state index is 0.0613. The number of aromatic nitrogens is 1. The van der Waals surface area contributed by atoms with Crippen LogP contribution >= 0.6 is 11.3 Å². The number of ether oxygens (including phenoxy) is 3. The van der Waals surface area contributed by atoms with E-state index in [2.05, 4.69) is 4.98 Å². The quantitative estimate of drug-likeness (QED) is 0.164. The molecule has 1 aliphatic rings. The highest BCUT2D eigenvalue weighted by Gasteiger charge is 2.48. The third-order valence-corrected chi connectivity index (χ3v) is 7.43. The highest BCUT2D eigenvalue weighted by Crippen LogP contribution is 2.46. The molecule has 1 unspecified atom stereocenters. The molecule has 0 radical (unpaired) electrons. The molecule has 1 amide bonds. The average Bonchev–Trinajstić information content (AvgIpc) is 3.46. The van der Waals surface area contributed by atoms with Gasteiger partial charge in [0.1, 0.15) is 23.0 Å². The second-order valence-electron chi connectivity index (χ2n) is 8.94. The summed E-state index contributed by atoms with van der Waals surface area (Å²) in [5.74, 6) is -0.476. The fraction of sp³-hybridized carbons (Fsp3) is 0.233. The van der Waals surface area contributed by atoms with E-state index in [1.54, 1.807) is 49.6 Å². The van der Waals surface area contributed by atoms with Crippen LogP contribution in [0.15, 0.2) is 66.2 Å². The summed E-state index contributed by atoms with van der Waals surface area (Å²) >= 11 is 1.32. The Labute approximate surface area is 230 Å². The number of thiazole rings is 1. The number of carbonyl (C=O) groups is 2. The Hall–Kier alpha value is -4.37. The maximum Gasteiger partial charge on any atom is 0.301 e. The zero-order valence-corrected chi connectivity index (χ0v) is 22.9. The predicted octanol–water partition coefficient (Wildman–Crippen LogP) is 6.04. The molecule has 200 valence electrons. The minimum Gasteiger partial charge on any atom is -0.507 e. The van der Waals surface area contributed by atoms with Crippen molar-refractivity contribution < 1.29 is 28.9 Å². The molecule has 1 N–H and O–H groups in total. The molecular weight excluding hydrogens is 516 g/mol. The number of amides is 1. The van der Waals surface area contributed by atoms with Crippen molar-refractivity contribution in [1.29, 1.82) is 0 Å². The van der Waals surface area contributed by atoms with E-state index in [0.717, 1.165) is 15.8 Å². The molecule has 3 aromatic carbocycles. The van der Waals surface area contributed by atoms with Crippen molar-refractivity contribution >= 4 is 44.1 Å². The topological polar surface area (TPSA) is 98.2 Å². The van der Waals surface area contributed by atoms with Gasteiger partial charge >= 0.3 is 5.91 Å². The van der Waals surface area contributed by atoms with Gasteiger partial charge in [-0.15, -0.1) is 0 Å². The third kappa shape index (κ3) is 4.81. The van der Waals surface area contributed by atoms with Gasteiger partial charge in [-0.05, 0) is 68.3 Å². The highest BCUT2D eigenvalue weighted by atomic mass is 32.1. The number of aliphatic hydroxyl groups is 1. The van der Waals surface area contributed by atoms with E-state index in [1.807, 2.05) is 39.0 Å². The van der Waals surface area contributed by atoms with E-state index in [9.17, 15) is 14.7 Å². The number of methoxy groups -OCH3 is 1. The molecule has 1 aliphatic heterocycles. The molecule has 0 aliphatic carbocycles. The Morgan fingerprint density at radius 3 is 2.54 bits per heavy atom. The molecule has 8 nitrogen and oxygen atoms in total. The molecule has 39 heavy (non-hydrogen) atoms. The molecule has 1 saturated heterocycles. The van der Waals surface area contributed by atoms with Crippen molar-refractivity contribution in [3.05, 3.63) is 82.9 Å². The number of hydrogen-bond donors (Lipinski definition) is 1. The number of hydrogen-bond acceptors (Lipinski definition) is 8. The van der Waals surface area contributed by atoms with E-state index in [4.69, 9.17) is 14.2 Å². The summed E-state index contributed by atoms with van der Waals surface area (Å²) in [6, 6.07) is 16.9. The summed E-state index contributed by atoms with van der Waals surface area (Å²) < 4.78 is 17.7. The SMILES string of the molecule is CCOc1ccc(/C(O)=C2\C(=O)C(=O)N(c3nc4ccc(C)cc4s3)C2c2cccc(OC)c2)c(OCC)c1. The monoisotopic (exact) mass is 544 g/mol. The first-order valence-electron chi connectivity index (χ1n) is 12.6. The lowest BCUT2D eigenvalue weighted by Gasteiger charge is -2.23. The van der Waals surface area contributed by atoms with Crippen molar-refractivity contribution in [2.24, 2.45) is 0 Å². The molecule has 1 atom stereocenters. The van der Waals surface area contributed by atoms with Crippen LogP contribution in [0.2, 0.25) is 0 Å². The Morgan fingerprint density at radius 2 is 1.79 bits per heavy atom. The maximum absolute atomic E-state index is 13.6. The lowest BCUT2D eigenvalue weighted by atomic mass is 9.95. The average molecular weight is 545 g/mol. The number of aryl methyl sites for hydroxylation is 1. The number of aliphatic hydroxyl groups excluding tert-OH is 1. The summed E-state index contributed by atoms with van der Waals surface area (Å²) in [5, 5.41) is 12.0. The number of anilines is 1. The van der Waals surface area contributed by atoms with E-state index in [0.29, 0.717) is 41.2 Å². The van der Waals surface area contributed by atoms with Gasteiger partial charge in [-0.2, -0.15) is 0 Å². The number of ketones is 1. The van der Waals surface area contributed by atoms with Crippen LogP contribution in [0.1, 0.15) is 36.6 Å². The van der Waals surface area contributed by atoms with E-state index in [1.165, 1.54) is 16.2 Å². The first-order chi connectivity index (χ1) is 18.9. The number of carbonyl (C=O) groups excluding carboxylic acids is 2. The summed E-state index contributed by atoms with van der Waals surface area (Å²) in [6.45, 7) is 6.45. The molecule has 2 heterocycles. The van der Waals surface area contributed by atoms with Gasteiger partial charge in [0.05, 0.1) is 47.7 Å². The fourth-order valence-electron chi connectivity index (χ4n) is 4.65. The normalized spacial score (nSPS) is 16.6. The lowest BCUT2D eigenvalue weighted by Crippen LogP contribution is -2.29. The van der Waals surface area contributed by atoms with Crippen LogP contribution in [0.3, 0.4) is 0 Å². The molecule has 9 heteroatoms. The van der Waals surface area contributed by atoms with Crippen molar-refractivity contribution in [2.75, 3.05) is 25.2 Å². The summed E-state index contributed by atoms with van der Waals surface area (Å²) in [5.41, 5.74) is 2.59. The largest absolute Gasteiger partial charge is 0.507 e. The Balaban J connectivity index is 1.73. The molecule has 0 spiro atoms. The summed E-state index contributed by atoms with van der Waals surface area (Å²) in [6.07, 6.45) is 0. The van der Waals surface area contributed by atoms with Crippen LogP contribution in [0.25, 0.3) is 16.0 Å². The second-order valence-corrected chi connectivity index (χ2v) is 9.95. The molecule has 0 saturated carbocycles. The number of Topliss-reactive ketones (excluding diaryl/α,β-unsaturated/α-hetero) is 1. The molecule has 1 aromatic heterocycles. The number of fused-ring (bicyclic) bond motifs is 1. The van der Waals surface area contributed by atoms with Crippen LogP contribution in [-0.4, -0.2) is 42.1 Å². The number of rotatable bonds is 8. The molecular formula is C30H28N2O6S. The fourth-order valence-corrected chi connectivity index (χ4v) is 5.74. The zero-order chi connectivity index (χ0) is 27.7. The van der Waals surface area contributed by atoms with Gasteiger partial charge in [-0.3, -0.25) is 14.5 Å². The second kappa shape index (κ2) is 10.8. The highest BCUT2D eigenvalue weighted by molar-refractivity contribution is 7.22. The van der Waals surface area contributed by atoms with Crippen molar-refractivity contribution in [2.45, 2.75) is 26.8 Å². The Kier molecular flexibility index (Phi) is 7.26. The Morgan fingerprint density at radius 1 is 1.00 bits per heavy atom. The van der Waals surface area contributed by atoms with Gasteiger partial charge in [-0.1, -0.05) is 29.5 Å². The molecule has 1 fully saturated rings. The van der Waals surface area contributed by atoms with Crippen LogP contribution in [0, 0.1) is 6.92 Å². The number of benzene rings is 3. The van der Waals surface area contributed by atoms with Gasteiger partial charge in [0.25, 0.3) is 5.78 Å². The van der Waals surface area contributed by atoms with Gasteiger partial charge in [0.15, 0.2) is 5.13 Å². The first kappa shape index (κ1) is 26.2. The minimum atomic E-state index is -0.942. The first-order valence-corrected chi connectivity index (χ1v) is 13.4. The van der Waals surface area contributed by atoms with Crippen molar-refractivity contribution in [3.8, 4) is 17.2 Å². The van der Waals surface area contributed by atoms with Crippen LogP contribution in [0.5, 0.6) is 17.2 Å². The third-order valence-electron chi connectivity index (χ3n) is 6.41. The van der Waals surface area contributed by atoms with Crippen molar-refractivity contribution in [3.63, 3.8) is 0 Å². The smallest absolute Gasteiger partial charge is 0.301 e. The molecule has 4 aromatic rings. The van der Waals surface area contributed by atoms with Crippen molar-refractivity contribution in [1.82, 2.24) is 4.98 Å². The number of nitrogens with zero attached hydrogens (tertiary/aromatic N) is 2. The lowest BCUT2D eigenvalue weighted by molar-refractivity contribution is -0.132. The van der Waals surface area contributed by atoms with Crippen LogP contribution in [-0.2, 0) is 9.59 Å². The van der Waals surface area contributed by atoms with E-state index in [-0.39, 0.29) is 16.9 Å². The predicted molar refractivity (Wildman–Crippen MR) is 151 cm³/mol. The van der Waals surface area contributed by atoms with Gasteiger partial charge in [0.2, 0.25) is 0 Å². The van der Waals surface area contributed by atoms with Crippen LogP contribution < -0.4 is 19.1 Å². The van der Waals surface area contributed by atoms with Gasteiger partial charge in [-0.25, -0.2) is 4.98 Å². The standard InChI is InChI=1S/C30H28N2O6S/c1-5-37-20-11-12-21(23(16-20)38-6-2)27(33)25-26(18-8-7-9-19(15-18)36-4)32(29(35)28(25)34)30-31-22-13-10-17(3)14-24(22)39-30/h7-16,26,33H,5-6H2,1-4H3/b27-25+. The van der Waals surface area contributed by atoms with Crippen LogP contribution in [0.4, 0.5) is 5.13 Å². The summed E-state index contributed by atoms with van der Waals surface area (Å²) in [7, 11) is 1.54. The van der Waals surface area contributed by atoms with E-state index >= 15 is 0 Å². The molecule has 5 rings (SSSR count).